The van der Waals surface area contributed by atoms with Gasteiger partial charge in [0.2, 0.25) is 0 Å². The van der Waals surface area contributed by atoms with E-state index in [2.05, 4.69) is 34.0 Å². The Hall–Kier alpha value is -1.76. The van der Waals surface area contributed by atoms with Crippen molar-refractivity contribution < 1.29 is 4.79 Å². The predicted molar refractivity (Wildman–Crippen MR) is 102 cm³/mol. The molecule has 2 aromatic carbocycles. The molecule has 0 aliphatic heterocycles. The van der Waals surface area contributed by atoms with Crippen LogP contribution in [0.2, 0.25) is 0 Å². The molecule has 0 aromatic heterocycles. The molecular formula is C17H20IN3O. The molecule has 0 bridgehead atoms. The zero-order valence-electron chi connectivity index (χ0n) is 13.2. The molecule has 2 aromatic rings. The number of nitrogen functional groups attached to an aromatic ring is 1. The lowest BCUT2D eigenvalue weighted by Crippen LogP contribution is -2.19. The van der Waals surface area contributed by atoms with Crippen molar-refractivity contribution in [3.8, 4) is 0 Å². The van der Waals surface area contributed by atoms with Crippen LogP contribution in [0.15, 0.2) is 30.3 Å². The lowest BCUT2D eigenvalue weighted by Gasteiger charge is -2.18. The Balaban J connectivity index is 2.38. The van der Waals surface area contributed by atoms with E-state index >= 15 is 0 Å². The molecular weight excluding hydrogens is 389 g/mol. The Morgan fingerprint density at radius 2 is 1.82 bits per heavy atom. The van der Waals surface area contributed by atoms with E-state index in [1.807, 2.05) is 45.0 Å². The highest BCUT2D eigenvalue weighted by molar-refractivity contribution is 14.1. The van der Waals surface area contributed by atoms with Crippen LogP contribution in [0.25, 0.3) is 0 Å². The number of hydrogen-bond donors (Lipinski definition) is 2. The first-order valence-corrected chi connectivity index (χ1v) is 8.02. The number of nitrogens with zero attached hydrogens (tertiary/aromatic N) is 1. The SMILES string of the molecule is Cc1cc(NC(=O)c2cc(N)ccc2N(C)C)c(C)cc1I. The van der Waals surface area contributed by atoms with Gasteiger partial charge < -0.3 is 16.0 Å². The summed E-state index contributed by atoms with van der Waals surface area (Å²) in [5.41, 5.74) is 10.8. The highest BCUT2D eigenvalue weighted by atomic mass is 127. The summed E-state index contributed by atoms with van der Waals surface area (Å²) in [5, 5.41) is 2.99. The van der Waals surface area contributed by atoms with E-state index in [-0.39, 0.29) is 5.91 Å². The van der Waals surface area contributed by atoms with Crippen LogP contribution in [-0.4, -0.2) is 20.0 Å². The molecule has 0 heterocycles. The van der Waals surface area contributed by atoms with E-state index in [1.54, 1.807) is 12.1 Å². The van der Waals surface area contributed by atoms with Crippen molar-refractivity contribution in [1.29, 1.82) is 0 Å². The van der Waals surface area contributed by atoms with Gasteiger partial charge in [-0.25, -0.2) is 0 Å². The highest BCUT2D eigenvalue weighted by Gasteiger charge is 2.15. The third-order valence-corrected chi connectivity index (χ3v) is 4.66. The van der Waals surface area contributed by atoms with Gasteiger partial charge in [0.25, 0.3) is 5.91 Å². The molecule has 116 valence electrons. The molecule has 2 rings (SSSR count). The van der Waals surface area contributed by atoms with Crippen molar-refractivity contribution in [3.63, 3.8) is 0 Å². The minimum atomic E-state index is -0.153. The van der Waals surface area contributed by atoms with Gasteiger partial charge in [0.15, 0.2) is 0 Å². The molecule has 1 amide bonds. The van der Waals surface area contributed by atoms with Crippen molar-refractivity contribution in [2.24, 2.45) is 0 Å². The number of hydrogen-bond acceptors (Lipinski definition) is 3. The molecule has 4 nitrogen and oxygen atoms in total. The maximum absolute atomic E-state index is 12.6. The molecule has 0 spiro atoms. The summed E-state index contributed by atoms with van der Waals surface area (Å²) in [6.45, 7) is 4.02. The topological polar surface area (TPSA) is 58.4 Å². The van der Waals surface area contributed by atoms with E-state index in [1.165, 1.54) is 3.57 Å². The number of nitrogens with one attached hydrogen (secondary N) is 1. The molecule has 5 heteroatoms. The fraction of sp³-hybridized carbons (Fsp3) is 0.235. The number of anilines is 3. The standard InChI is InChI=1S/C17H20IN3O/c1-10-8-15(11(2)7-14(10)18)20-17(22)13-9-12(19)5-6-16(13)21(3)4/h5-9H,19H2,1-4H3,(H,20,22). The summed E-state index contributed by atoms with van der Waals surface area (Å²) < 4.78 is 1.19. The Bertz CT molecular complexity index is 726. The summed E-state index contributed by atoms with van der Waals surface area (Å²) in [7, 11) is 3.81. The number of carbonyl (C=O) groups is 1. The largest absolute Gasteiger partial charge is 0.399 e. The molecule has 0 fully saturated rings. The number of aryl methyl sites for hydroxylation is 2. The number of rotatable bonds is 3. The first-order valence-electron chi connectivity index (χ1n) is 6.94. The van der Waals surface area contributed by atoms with Gasteiger partial charge in [-0.05, 0) is 77.9 Å². The zero-order chi connectivity index (χ0) is 16.4. The second kappa shape index (κ2) is 6.56. The average molecular weight is 409 g/mol. The van der Waals surface area contributed by atoms with Crippen LogP contribution in [0.4, 0.5) is 17.1 Å². The van der Waals surface area contributed by atoms with Crippen LogP contribution < -0.4 is 16.0 Å². The van der Waals surface area contributed by atoms with E-state index in [4.69, 9.17) is 5.73 Å². The minimum Gasteiger partial charge on any atom is -0.399 e. The Morgan fingerprint density at radius 3 is 2.45 bits per heavy atom. The Morgan fingerprint density at radius 1 is 1.14 bits per heavy atom. The number of carbonyl (C=O) groups excluding carboxylic acids is 1. The van der Waals surface area contributed by atoms with Gasteiger partial charge in [0.1, 0.15) is 0 Å². The number of amides is 1. The van der Waals surface area contributed by atoms with E-state index in [0.29, 0.717) is 11.3 Å². The van der Waals surface area contributed by atoms with Crippen molar-refractivity contribution in [2.75, 3.05) is 30.0 Å². The third-order valence-electron chi connectivity index (χ3n) is 3.50. The summed E-state index contributed by atoms with van der Waals surface area (Å²) in [4.78, 5) is 14.5. The molecule has 0 atom stereocenters. The lowest BCUT2D eigenvalue weighted by atomic mass is 10.1. The van der Waals surface area contributed by atoms with Gasteiger partial charge in [-0.1, -0.05) is 0 Å². The molecule has 0 saturated heterocycles. The van der Waals surface area contributed by atoms with Gasteiger partial charge in [0.05, 0.1) is 5.56 Å². The van der Waals surface area contributed by atoms with Gasteiger partial charge in [0, 0.05) is 34.7 Å². The fourth-order valence-corrected chi connectivity index (χ4v) is 2.85. The monoisotopic (exact) mass is 409 g/mol. The first kappa shape index (κ1) is 16.6. The molecule has 22 heavy (non-hydrogen) atoms. The second-order valence-electron chi connectivity index (χ2n) is 5.54. The quantitative estimate of drug-likeness (QED) is 0.599. The second-order valence-corrected chi connectivity index (χ2v) is 6.70. The van der Waals surface area contributed by atoms with Crippen LogP contribution in [0.3, 0.4) is 0 Å². The predicted octanol–water partition coefficient (Wildman–Crippen LogP) is 3.81. The summed E-state index contributed by atoms with van der Waals surface area (Å²) in [6.07, 6.45) is 0. The number of nitrogens with two attached hydrogens (primary N) is 1. The highest BCUT2D eigenvalue weighted by Crippen LogP contribution is 2.25. The Kier molecular flexibility index (Phi) is 4.95. The molecule has 0 radical (unpaired) electrons. The number of benzene rings is 2. The lowest BCUT2D eigenvalue weighted by molar-refractivity contribution is 0.102. The van der Waals surface area contributed by atoms with Crippen molar-refractivity contribution >= 4 is 45.6 Å². The van der Waals surface area contributed by atoms with Gasteiger partial charge in [-0.3, -0.25) is 4.79 Å². The maximum atomic E-state index is 12.6. The first-order chi connectivity index (χ1) is 10.3. The smallest absolute Gasteiger partial charge is 0.257 e. The summed E-state index contributed by atoms with van der Waals surface area (Å²) in [6, 6.07) is 9.43. The van der Waals surface area contributed by atoms with E-state index < -0.39 is 0 Å². The van der Waals surface area contributed by atoms with Crippen LogP contribution in [-0.2, 0) is 0 Å². The van der Waals surface area contributed by atoms with Crippen LogP contribution >= 0.6 is 22.6 Å². The number of halogens is 1. The Labute approximate surface area is 144 Å². The normalized spacial score (nSPS) is 10.4. The van der Waals surface area contributed by atoms with Crippen LogP contribution in [0.5, 0.6) is 0 Å². The van der Waals surface area contributed by atoms with E-state index in [9.17, 15) is 4.79 Å². The van der Waals surface area contributed by atoms with Crippen molar-refractivity contribution in [3.05, 3.63) is 50.6 Å². The van der Waals surface area contributed by atoms with Gasteiger partial charge in [-0.2, -0.15) is 0 Å². The van der Waals surface area contributed by atoms with Crippen molar-refractivity contribution in [1.82, 2.24) is 0 Å². The summed E-state index contributed by atoms with van der Waals surface area (Å²) >= 11 is 2.29. The van der Waals surface area contributed by atoms with E-state index in [0.717, 1.165) is 22.5 Å². The zero-order valence-corrected chi connectivity index (χ0v) is 15.4. The summed E-state index contributed by atoms with van der Waals surface area (Å²) in [5.74, 6) is -0.153. The van der Waals surface area contributed by atoms with Gasteiger partial charge in [-0.15, -0.1) is 0 Å². The van der Waals surface area contributed by atoms with Gasteiger partial charge >= 0.3 is 0 Å². The molecule has 0 unspecified atom stereocenters. The van der Waals surface area contributed by atoms with Crippen LogP contribution in [0, 0.1) is 17.4 Å². The molecule has 0 saturated carbocycles. The van der Waals surface area contributed by atoms with Crippen molar-refractivity contribution in [2.45, 2.75) is 13.8 Å². The molecule has 0 aliphatic rings. The maximum Gasteiger partial charge on any atom is 0.257 e. The van der Waals surface area contributed by atoms with Crippen LogP contribution in [0.1, 0.15) is 21.5 Å². The molecule has 0 aliphatic carbocycles. The molecule has 3 N–H and O–H groups in total. The third kappa shape index (κ3) is 3.52. The fourth-order valence-electron chi connectivity index (χ4n) is 2.23. The average Bonchev–Trinajstić information content (AvgIpc) is 2.44. The minimum absolute atomic E-state index is 0.153.